The molecule has 10 nitrogen and oxygen atoms in total. The summed E-state index contributed by atoms with van der Waals surface area (Å²) in [6.45, 7) is 2.93. The van der Waals surface area contributed by atoms with Crippen molar-refractivity contribution in [2.75, 3.05) is 30.8 Å². The Balaban J connectivity index is 1.47. The van der Waals surface area contributed by atoms with Crippen LogP contribution in [0.25, 0.3) is 0 Å². The van der Waals surface area contributed by atoms with Crippen molar-refractivity contribution in [2.45, 2.75) is 56.9 Å². The molecule has 0 aliphatic carbocycles. The third kappa shape index (κ3) is 11.1. The van der Waals surface area contributed by atoms with Crippen LogP contribution in [-0.2, 0) is 36.9 Å². The van der Waals surface area contributed by atoms with Crippen LogP contribution in [-0.4, -0.2) is 77.7 Å². The Hall–Kier alpha value is -3.99. The second-order valence-electron chi connectivity index (χ2n) is 11.0. The van der Waals surface area contributed by atoms with Crippen molar-refractivity contribution in [3.05, 3.63) is 65.0 Å². The first kappa shape index (κ1) is 37.5. The predicted molar refractivity (Wildman–Crippen MR) is 161 cm³/mol. The predicted octanol–water partition coefficient (Wildman–Crippen LogP) is 3.24. The number of thioether (sulfide) groups is 1. The van der Waals surface area contributed by atoms with E-state index in [-0.39, 0.29) is 37.4 Å². The summed E-state index contributed by atoms with van der Waals surface area (Å²) >= 11 is 1.26. The zero-order valence-electron chi connectivity index (χ0n) is 25.5. The van der Waals surface area contributed by atoms with Crippen LogP contribution >= 0.6 is 11.8 Å². The van der Waals surface area contributed by atoms with Crippen LogP contribution in [0.4, 0.5) is 32.0 Å². The number of amides is 3. The number of carbonyl (C=O) groups is 4. The molecule has 1 heterocycles. The fourth-order valence-electron chi connectivity index (χ4n) is 4.54. The number of nitrogens with zero attached hydrogens (tertiary/aromatic N) is 1. The average Bonchev–Trinajstić information content (AvgIpc) is 3.50. The molecule has 1 aliphatic rings. The minimum Gasteiger partial charge on any atom is -0.462 e. The van der Waals surface area contributed by atoms with Crippen molar-refractivity contribution in [3.63, 3.8) is 0 Å². The number of hydrogen-bond donors (Lipinski definition) is 4. The molecule has 3 amide bonds. The third-order valence-electron chi connectivity index (χ3n) is 7.00. The van der Waals surface area contributed by atoms with Crippen LogP contribution in [0, 0.1) is 23.4 Å². The van der Waals surface area contributed by atoms with Crippen LogP contribution in [0.1, 0.15) is 31.4 Å². The largest absolute Gasteiger partial charge is 0.471 e. The maximum Gasteiger partial charge on any atom is 0.471 e. The van der Waals surface area contributed by atoms with Gasteiger partial charge in [0.05, 0.1) is 6.54 Å². The Labute approximate surface area is 271 Å². The summed E-state index contributed by atoms with van der Waals surface area (Å²) in [4.78, 5) is 50.6. The van der Waals surface area contributed by atoms with E-state index >= 15 is 0 Å². The first-order valence-electron chi connectivity index (χ1n) is 14.5. The second-order valence-corrected chi connectivity index (χ2v) is 12.2. The van der Waals surface area contributed by atoms with Gasteiger partial charge in [-0.3, -0.25) is 14.4 Å². The summed E-state index contributed by atoms with van der Waals surface area (Å²) in [5.74, 6) is -7.00. The molecule has 0 radical (unpaired) electrons. The van der Waals surface area contributed by atoms with E-state index in [1.54, 1.807) is 43.4 Å². The van der Waals surface area contributed by atoms with Gasteiger partial charge < -0.3 is 31.3 Å². The monoisotopic (exact) mass is 691 g/mol. The van der Waals surface area contributed by atoms with E-state index in [1.165, 1.54) is 16.7 Å². The lowest BCUT2D eigenvalue weighted by Crippen LogP contribution is -2.46. The van der Waals surface area contributed by atoms with Gasteiger partial charge in [0, 0.05) is 43.1 Å². The number of nitrogens with two attached hydrogens (primary N) is 1. The average molecular weight is 692 g/mol. The minimum absolute atomic E-state index is 0.117. The van der Waals surface area contributed by atoms with E-state index in [9.17, 15) is 45.5 Å². The van der Waals surface area contributed by atoms with Crippen molar-refractivity contribution < 1.29 is 50.3 Å². The highest BCUT2D eigenvalue weighted by Gasteiger charge is 2.38. The fourth-order valence-corrected chi connectivity index (χ4v) is 5.70. The summed E-state index contributed by atoms with van der Waals surface area (Å²) in [6, 6.07) is 6.09. The number of anilines is 1. The smallest absolute Gasteiger partial charge is 0.462 e. The molecule has 0 unspecified atom stereocenters. The van der Waals surface area contributed by atoms with Gasteiger partial charge in [-0.25, -0.2) is 18.0 Å². The lowest BCUT2D eigenvalue weighted by Gasteiger charge is -2.24. The molecule has 17 heteroatoms. The van der Waals surface area contributed by atoms with Gasteiger partial charge in [-0.1, -0.05) is 26.0 Å². The fraction of sp³-hybridized carbons (Fsp3) is 0.467. The number of nitrogens with one attached hydrogen (secondary N) is 3. The molecule has 2 aromatic carbocycles. The number of halogens is 6. The summed E-state index contributed by atoms with van der Waals surface area (Å²) in [6.07, 6.45) is -5.48. The number of hydrogen-bond acceptors (Lipinski definition) is 8. The highest BCUT2D eigenvalue weighted by atomic mass is 32.2. The third-order valence-corrected chi connectivity index (χ3v) is 8.20. The maximum absolute atomic E-state index is 14.0. The highest BCUT2D eigenvalue weighted by Crippen LogP contribution is 2.26. The van der Waals surface area contributed by atoms with Crippen LogP contribution < -0.4 is 21.7 Å². The maximum atomic E-state index is 14.0. The van der Waals surface area contributed by atoms with E-state index in [0.717, 1.165) is 0 Å². The minimum atomic E-state index is -5.04. The quantitative estimate of drug-likeness (QED) is 0.102. The summed E-state index contributed by atoms with van der Waals surface area (Å²) < 4.78 is 82.5. The molecule has 0 saturated carbocycles. The Morgan fingerprint density at radius 2 is 1.68 bits per heavy atom. The number of carbonyl (C=O) groups excluding carboxylic acids is 4. The molecule has 1 aliphatic heterocycles. The Kier molecular flexibility index (Phi) is 13.3. The van der Waals surface area contributed by atoms with Gasteiger partial charge in [-0.15, -0.1) is 11.8 Å². The molecule has 1 saturated heterocycles. The van der Waals surface area contributed by atoms with Crippen LogP contribution in [0.15, 0.2) is 36.4 Å². The molecule has 3 atom stereocenters. The van der Waals surface area contributed by atoms with E-state index in [2.05, 4.69) is 10.6 Å². The van der Waals surface area contributed by atoms with Gasteiger partial charge in [-0.05, 0) is 41.7 Å². The van der Waals surface area contributed by atoms with Crippen molar-refractivity contribution in [2.24, 2.45) is 11.7 Å². The van der Waals surface area contributed by atoms with E-state index in [1.807, 2.05) is 0 Å². The van der Waals surface area contributed by atoms with Crippen molar-refractivity contribution in [1.29, 1.82) is 0 Å². The number of alkyl halides is 3. The molecule has 1 fully saturated rings. The van der Waals surface area contributed by atoms with Crippen molar-refractivity contribution in [1.82, 2.24) is 15.5 Å². The first-order valence-corrected chi connectivity index (χ1v) is 15.6. The van der Waals surface area contributed by atoms with Gasteiger partial charge in [0.25, 0.3) is 5.91 Å². The Bertz CT molecular complexity index is 1430. The molecule has 0 spiro atoms. The normalized spacial score (nSPS) is 16.0. The molecular formula is C30H35F6N5O5S. The number of esters is 1. The number of benzene rings is 2. The molecule has 3 rings (SSSR count). The standard InChI is InChI=1S/C30H35F6N5O5S/c1-16(2)25(28(44)46-9-7-38-29(45)30(34,35)36)40-20-5-3-17(4-6-20)15-39-26(43)27-41(8-10-47-27)24(42)13-19(37)11-18-12-22(32)23(33)14-21(18)31/h3-6,12,14,16,19,25,27,40H,7-11,13,15,37H2,1-2H3,(H,38,45)(H,39,43)/t19-,25-,27+/m1/s1. The van der Waals surface area contributed by atoms with Gasteiger partial charge in [-0.2, -0.15) is 13.2 Å². The van der Waals surface area contributed by atoms with E-state index in [4.69, 9.17) is 10.5 Å². The van der Waals surface area contributed by atoms with Gasteiger partial charge in [0.2, 0.25) is 5.91 Å². The first-order chi connectivity index (χ1) is 22.1. The van der Waals surface area contributed by atoms with Crippen LogP contribution in [0.3, 0.4) is 0 Å². The number of rotatable bonds is 14. The second kappa shape index (κ2) is 16.7. The zero-order valence-corrected chi connectivity index (χ0v) is 26.3. The molecule has 0 bridgehead atoms. The van der Waals surface area contributed by atoms with E-state index in [0.29, 0.717) is 29.1 Å². The SMILES string of the molecule is CC(C)[C@@H](Nc1ccc(CNC(=O)[C@@H]2SCCN2C(=O)C[C@H](N)Cc2cc(F)c(F)cc2F)cc1)C(=O)OCCNC(=O)C(F)(F)F. The van der Waals surface area contributed by atoms with Gasteiger partial charge in [0.1, 0.15) is 18.5 Å². The lowest BCUT2D eigenvalue weighted by atomic mass is 10.0. The molecular weight excluding hydrogens is 656 g/mol. The molecule has 47 heavy (non-hydrogen) atoms. The lowest BCUT2D eigenvalue weighted by molar-refractivity contribution is -0.173. The molecule has 5 N–H and O–H groups in total. The van der Waals surface area contributed by atoms with Crippen LogP contribution in [0.2, 0.25) is 0 Å². The van der Waals surface area contributed by atoms with Crippen molar-refractivity contribution >= 4 is 41.1 Å². The Morgan fingerprint density at radius 3 is 2.32 bits per heavy atom. The molecule has 258 valence electrons. The summed E-state index contributed by atoms with van der Waals surface area (Å²) in [5, 5.41) is 6.57. The molecule has 0 aromatic heterocycles. The van der Waals surface area contributed by atoms with Gasteiger partial charge in [0.15, 0.2) is 17.0 Å². The zero-order chi connectivity index (χ0) is 34.9. The highest BCUT2D eigenvalue weighted by molar-refractivity contribution is 8.00. The summed E-state index contributed by atoms with van der Waals surface area (Å²) in [7, 11) is 0. The van der Waals surface area contributed by atoms with Crippen LogP contribution in [0.5, 0.6) is 0 Å². The Morgan fingerprint density at radius 1 is 1.02 bits per heavy atom. The van der Waals surface area contributed by atoms with E-state index < -0.39 is 77.9 Å². The van der Waals surface area contributed by atoms with Crippen molar-refractivity contribution in [3.8, 4) is 0 Å². The molecule has 2 aromatic rings. The topological polar surface area (TPSA) is 143 Å². The van der Waals surface area contributed by atoms with Gasteiger partial charge >= 0.3 is 18.1 Å². The number of ether oxygens (including phenoxy) is 1. The summed E-state index contributed by atoms with van der Waals surface area (Å²) in [5.41, 5.74) is 7.06.